The van der Waals surface area contributed by atoms with Crippen molar-refractivity contribution >= 4 is 0 Å². The van der Waals surface area contributed by atoms with Crippen LogP contribution in [0.25, 0.3) is 0 Å². The van der Waals surface area contributed by atoms with Crippen LogP contribution < -0.4 is 5.32 Å². The molecule has 2 rings (SSSR count). The van der Waals surface area contributed by atoms with Crippen LogP contribution in [0.2, 0.25) is 0 Å². The van der Waals surface area contributed by atoms with Gasteiger partial charge >= 0.3 is 0 Å². The van der Waals surface area contributed by atoms with E-state index >= 15 is 0 Å². The molecular formula is C15H30N2. The maximum atomic E-state index is 3.58. The molecule has 1 N–H and O–H groups in total. The van der Waals surface area contributed by atoms with Gasteiger partial charge in [-0.3, -0.25) is 4.90 Å². The molecule has 2 fully saturated rings. The third kappa shape index (κ3) is 3.96. The second kappa shape index (κ2) is 6.75. The van der Waals surface area contributed by atoms with E-state index in [2.05, 4.69) is 24.1 Å². The summed E-state index contributed by atoms with van der Waals surface area (Å²) in [5, 5.41) is 3.58. The molecule has 1 aliphatic carbocycles. The van der Waals surface area contributed by atoms with E-state index in [1.807, 2.05) is 0 Å². The topological polar surface area (TPSA) is 15.3 Å². The zero-order valence-electron chi connectivity index (χ0n) is 11.8. The lowest BCUT2D eigenvalue weighted by atomic mass is 9.96. The van der Waals surface area contributed by atoms with Crippen molar-refractivity contribution in [3.63, 3.8) is 0 Å². The van der Waals surface area contributed by atoms with E-state index in [4.69, 9.17) is 0 Å². The molecule has 2 heteroatoms. The highest BCUT2D eigenvalue weighted by Crippen LogP contribution is 2.26. The first-order chi connectivity index (χ1) is 8.27. The quantitative estimate of drug-likeness (QED) is 0.760. The van der Waals surface area contributed by atoms with E-state index in [0.717, 1.165) is 18.0 Å². The van der Waals surface area contributed by atoms with Gasteiger partial charge in [0.25, 0.3) is 0 Å². The largest absolute Gasteiger partial charge is 0.314 e. The minimum atomic E-state index is 0.798. The molecule has 0 amide bonds. The molecule has 2 nitrogen and oxygen atoms in total. The highest BCUT2D eigenvalue weighted by molar-refractivity contribution is 4.86. The molecule has 0 aromatic heterocycles. The van der Waals surface area contributed by atoms with Crippen LogP contribution in [0.1, 0.15) is 58.8 Å². The van der Waals surface area contributed by atoms with Crippen molar-refractivity contribution in [3.8, 4) is 0 Å². The number of nitrogens with zero attached hydrogens (tertiary/aromatic N) is 1. The smallest absolute Gasteiger partial charge is 0.0226 e. The van der Waals surface area contributed by atoms with Crippen LogP contribution in [0.5, 0.6) is 0 Å². The van der Waals surface area contributed by atoms with Crippen molar-refractivity contribution in [2.75, 3.05) is 19.6 Å². The van der Waals surface area contributed by atoms with Crippen molar-refractivity contribution in [2.45, 2.75) is 70.9 Å². The van der Waals surface area contributed by atoms with Gasteiger partial charge in [-0.15, -0.1) is 0 Å². The van der Waals surface area contributed by atoms with E-state index in [9.17, 15) is 0 Å². The SMILES string of the molecule is CC(C)CC1CNCCN1C1CCCCCC1. The van der Waals surface area contributed by atoms with Crippen LogP contribution >= 0.6 is 0 Å². The van der Waals surface area contributed by atoms with Crippen LogP contribution in [-0.2, 0) is 0 Å². The third-order valence-corrected chi connectivity index (χ3v) is 4.43. The summed E-state index contributed by atoms with van der Waals surface area (Å²) in [4.78, 5) is 2.85. The van der Waals surface area contributed by atoms with E-state index < -0.39 is 0 Å². The van der Waals surface area contributed by atoms with Gasteiger partial charge in [0.05, 0.1) is 0 Å². The summed E-state index contributed by atoms with van der Waals surface area (Å²) in [6.07, 6.45) is 10.1. The lowest BCUT2D eigenvalue weighted by Gasteiger charge is -2.42. The molecule has 100 valence electrons. The summed E-state index contributed by atoms with van der Waals surface area (Å²) >= 11 is 0. The van der Waals surface area contributed by atoms with Crippen molar-refractivity contribution in [1.29, 1.82) is 0 Å². The van der Waals surface area contributed by atoms with Crippen LogP contribution in [0.15, 0.2) is 0 Å². The van der Waals surface area contributed by atoms with Crippen molar-refractivity contribution in [3.05, 3.63) is 0 Å². The zero-order valence-corrected chi connectivity index (χ0v) is 11.8. The first-order valence-corrected chi connectivity index (χ1v) is 7.74. The van der Waals surface area contributed by atoms with Crippen molar-refractivity contribution in [1.82, 2.24) is 10.2 Å². The normalized spacial score (nSPS) is 29.5. The maximum Gasteiger partial charge on any atom is 0.0226 e. The molecule has 0 spiro atoms. The summed E-state index contributed by atoms with van der Waals surface area (Å²) < 4.78 is 0. The number of rotatable bonds is 3. The van der Waals surface area contributed by atoms with E-state index in [0.29, 0.717) is 0 Å². The standard InChI is InChI=1S/C15H30N2/c1-13(2)11-15-12-16-9-10-17(15)14-7-5-3-4-6-8-14/h13-16H,3-12H2,1-2H3. The van der Waals surface area contributed by atoms with Gasteiger partial charge in [-0.25, -0.2) is 0 Å². The molecule has 0 radical (unpaired) electrons. The van der Waals surface area contributed by atoms with Gasteiger partial charge in [0.2, 0.25) is 0 Å². The third-order valence-electron chi connectivity index (χ3n) is 4.43. The van der Waals surface area contributed by atoms with Gasteiger partial charge < -0.3 is 5.32 Å². The van der Waals surface area contributed by atoms with Gasteiger partial charge in [0.15, 0.2) is 0 Å². The lowest BCUT2D eigenvalue weighted by Crippen LogP contribution is -2.55. The molecule has 1 heterocycles. The molecule has 17 heavy (non-hydrogen) atoms. The number of piperazine rings is 1. The number of hydrogen-bond acceptors (Lipinski definition) is 2. The average Bonchev–Trinajstić information content (AvgIpc) is 2.57. The Morgan fingerprint density at radius 3 is 2.47 bits per heavy atom. The predicted octanol–water partition coefficient (Wildman–Crippen LogP) is 3.03. The maximum absolute atomic E-state index is 3.58. The predicted molar refractivity (Wildman–Crippen MR) is 74.3 cm³/mol. The molecule has 1 aliphatic heterocycles. The van der Waals surface area contributed by atoms with Gasteiger partial charge in [0.1, 0.15) is 0 Å². The molecule has 1 atom stereocenters. The molecule has 2 aliphatic rings. The average molecular weight is 238 g/mol. The van der Waals surface area contributed by atoms with Gasteiger partial charge in [0, 0.05) is 31.7 Å². The van der Waals surface area contributed by atoms with Gasteiger partial charge in [-0.05, 0) is 25.2 Å². The summed E-state index contributed by atoms with van der Waals surface area (Å²) in [5.41, 5.74) is 0. The second-order valence-electron chi connectivity index (χ2n) is 6.37. The van der Waals surface area contributed by atoms with E-state index in [-0.39, 0.29) is 0 Å². The Morgan fingerprint density at radius 1 is 1.12 bits per heavy atom. The van der Waals surface area contributed by atoms with Crippen LogP contribution in [0.3, 0.4) is 0 Å². The molecule has 0 aromatic carbocycles. The van der Waals surface area contributed by atoms with E-state index in [1.54, 1.807) is 0 Å². The molecule has 0 aromatic rings. The Labute approximate surface area is 107 Å². The first-order valence-electron chi connectivity index (χ1n) is 7.74. The van der Waals surface area contributed by atoms with Crippen LogP contribution in [-0.4, -0.2) is 36.6 Å². The first kappa shape index (κ1) is 13.4. The summed E-state index contributed by atoms with van der Waals surface area (Å²) in [6.45, 7) is 8.42. The second-order valence-corrected chi connectivity index (χ2v) is 6.37. The Bertz CT molecular complexity index is 205. The van der Waals surface area contributed by atoms with Crippen LogP contribution in [0, 0.1) is 5.92 Å². The summed E-state index contributed by atoms with van der Waals surface area (Å²) in [7, 11) is 0. The molecular weight excluding hydrogens is 208 g/mol. The zero-order chi connectivity index (χ0) is 12.1. The van der Waals surface area contributed by atoms with E-state index in [1.165, 1.54) is 64.6 Å². The number of nitrogens with one attached hydrogen (secondary N) is 1. The summed E-state index contributed by atoms with van der Waals surface area (Å²) in [6, 6.07) is 1.69. The van der Waals surface area contributed by atoms with Crippen molar-refractivity contribution in [2.24, 2.45) is 5.92 Å². The number of hydrogen-bond donors (Lipinski definition) is 1. The Hall–Kier alpha value is -0.0800. The highest BCUT2D eigenvalue weighted by Gasteiger charge is 2.29. The Morgan fingerprint density at radius 2 is 1.82 bits per heavy atom. The van der Waals surface area contributed by atoms with Gasteiger partial charge in [-0.1, -0.05) is 39.5 Å². The lowest BCUT2D eigenvalue weighted by molar-refractivity contribution is 0.0828. The highest BCUT2D eigenvalue weighted by atomic mass is 15.2. The van der Waals surface area contributed by atoms with Gasteiger partial charge in [-0.2, -0.15) is 0 Å². The fourth-order valence-electron chi connectivity index (χ4n) is 3.61. The fourth-order valence-corrected chi connectivity index (χ4v) is 3.61. The van der Waals surface area contributed by atoms with Crippen molar-refractivity contribution < 1.29 is 0 Å². The molecule has 1 saturated carbocycles. The monoisotopic (exact) mass is 238 g/mol. The fraction of sp³-hybridized carbons (Fsp3) is 1.00. The Balaban J connectivity index is 1.93. The molecule has 1 saturated heterocycles. The minimum absolute atomic E-state index is 0.798. The Kier molecular flexibility index (Phi) is 5.30. The van der Waals surface area contributed by atoms with Crippen LogP contribution in [0.4, 0.5) is 0 Å². The minimum Gasteiger partial charge on any atom is -0.314 e. The molecule has 0 bridgehead atoms. The summed E-state index contributed by atoms with van der Waals surface area (Å²) in [5.74, 6) is 0.827. The molecule has 1 unspecified atom stereocenters.